The quantitative estimate of drug-likeness (QED) is 0.913. The number of aliphatic hydroxyl groups is 1. The summed E-state index contributed by atoms with van der Waals surface area (Å²) in [5.41, 5.74) is 1.65. The summed E-state index contributed by atoms with van der Waals surface area (Å²) in [6.07, 6.45) is 4.33. The highest BCUT2D eigenvalue weighted by atomic mass is 79.9. The first-order chi connectivity index (χ1) is 9.10. The van der Waals surface area contributed by atoms with Crippen LogP contribution in [-0.2, 0) is 13.0 Å². The average molecular weight is 327 g/mol. The van der Waals surface area contributed by atoms with Crippen LogP contribution in [-0.4, -0.2) is 14.9 Å². The van der Waals surface area contributed by atoms with Gasteiger partial charge in [-0.2, -0.15) is 5.10 Å². The van der Waals surface area contributed by atoms with E-state index in [1.165, 1.54) is 12.1 Å². The van der Waals surface area contributed by atoms with Crippen LogP contribution < -0.4 is 0 Å². The van der Waals surface area contributed by atoms with Gasteiger partial charge in [0, 0.05) is 29.2 Å². The van der Waals surface area contributed by atoms with Gasteiger partial charge in [-0.3, -0.25) is 4.68 Å². The monoisotopic (exact) mass is 326 g/mol. The van der Waals surface area contributed by atoms with Crippen molar-refractivity contribution in [2.24, 2.45) is 0 Å². The Kier molecular flexibility index (Phi) is 4.71. The third kappa shape index (κ3) is 3.64. The number of benzene rings is 1. The molecule has 1 aromatic carbocycles. The molecule has 2 aromatic rings. The van der Waals surface area contributed by atoms with E-state index in [0.29, 0.717) is 10.9 Å². The molecule has 0 bridgehead atoms. The standard InChI is InChI=1S/C14H16BrFN2O/c1-2-5-18-9-11(8-17-18)14(19)6-10-3-4-12(16)7-13(10)15/h3-4,7-9,14,19H,2,5-6H2,1H3. The molecule has 5 heteroatoms. The molecule has 0 saturated heterocycles. The van der Waals surface area contributed by atoms with Gasteiger partial charge in [0.05, 0.1) is 12.3 Å². The highest BCUT2D eigenvalue weighted by Crippen LogP contribution is 2.24. The minimum atomic E-state index is -0.632. The summed E-state index contributed by atoms with van der Waals surface area (Å²) in [4.78, 5) is 0. The number of hydrogen-bond donors (Lipinski definition) is 1. The van der Waals surface area contributed by atoms with E-state index in [2.05, 4.69) is 28.0 Å². The zero-order chi connectivity index (χ0) is 13.8. The van der Waals surface area contributed by atoms with Gasteiger partial charge in [-0.05, 0) is 24.1 Å². The van der Waals surface area contributed by atoms with Crippen molar-refractivity contribution in [3.05, 3.63) is 52.0 Å². The summed E-state index contributed by atoms with van der Waals surface area (Å²) in [5.74, 6) is -0.291. The van der Waals surface area contributed by atoms with Crippen LogP contribution in [0.4, 0.5) is 4.39 Å². The topological polar surface area (TPSA) is 38.0 Å². The summed E-state index contributed by atoms with van der Waals surface area (Å²) in [6.45, 7) is 2.92. The second kappa shape index (κ2) is 6.30. The molecule has 19 heavy (non-hydrogen) atoms. The van der Waals surface area contributed by atoms with Crippen LogP contribution in [0.1, 0.15) is 30.6 Å². The molecule has 0 aliphatic rings. The summed E-state index contributed by atoms with van der Waals surface area (Å²) in [5, 5.41) is 14.4. The lowest BCUT2D eigenvalue weighted by Crippen LogP contribution is -2.02. The van der Waals surface area contributed by atoms with E-state index in [0.717, 1.165) is 24.1 Å². The van der Waals surface area contributed by atoms with Crippen molar-refractivity contribution in [1.82, 2.24) is 9.78 Å². The molecule has 1 aromatic heterocycles. The molecule has 1 N–H and O–H groups in total. The van der Waals surface area contributed by atoms with Crippen LogP contribution in [0.2, 0.25) is 0 Å². The number of rotatable bonds is 5. The zero-order valence-corrected chi connectivity index (χ0v) is 12.3. The van der Waals surface area contributed by atoms with Crippen molar-refractivity contribution < 1.29 is 9.50 Å². The third-order valence-electron chi connectivity index (χ3n) is 2.92. The van der Waals surface area contributed by atoms with Crippen LogP contribution in [0.25, 0.3) is 0 Å². The van der Waals surface area contributed by atoms with E-state index in [1.807, 2.05) is 10.9 Å². The normalized spacial score (nSPS) is 12.6. The van der Waals surface area contributed by atoms with E-state index >= 15 is 0 Å². The van der Waals surface area contributed by atoms with Crippen LogP contribution in [0.15, 0.2) is 35.1 Å². The zero-order valence-electron chi connectivity index (χ0n) is 10.7. The van der Waals surface area contributed by atoms with Crippen molar-refractivity contribution >= 4 is 15.9 Å². The molecular formula is C14H16BrFN2O. The lowest BCUT2D eigenvalue weighted by Gasteiger charge is -2.10. The smallest absolute Gasteiger partial charge is 0.124 e. The molecular weight excluding hydrogens is 311 g/mol. The number of nitrogens with zero attached hydrogens (tertiary/aromatic N) is 2. The molecule has 1 atom stereocenters. The number of aliphatic hydroxyl groups excluding tert-OH is 1. The summed E-state index contributed by atoms with van der Waals surface area (Å²) >= 11 is 3.31. The Morgan fingerprint density at radius 3 is 2.95 bits per heavy atom. The molecule has 3 nitrogen and oxygen atoms in total. The number of aromatic nitrogens is 2. The van der Waals surface area contributed by atoms with Gasteiger partial charge in [0.1, 0.15) is 5.82 Å². The molecule has 1 unspecified atom stereocenters. The Morgan fingerprint density at radius 2 is 2.26 bits per heavy atom. The fraction of sp³-hybridized carbons (Fsp3) is 0.357. The molecule has 0 saturated carbocycles. The first-order valence-corrected chi connectivity index (χ1v) is 7.03. The minimum absolute atomic E-state index is 0.291. The van der Waals surface area contributed by atoms with E-state index in [-0.39, 0.29) is 5.82 Å². The predicted octanol–water partition coefficient (Wildman–Crippen LogP) is 3.47. The molecule has 0 spiro atoms. The van der Waals surface area contributed by atoms with Crippen LogP contribution >= 0.6 is 15.9 Å². The SMILES string of the molecule is CCCn1cc(C(O)Cc2ccc(F)cc2Br)cn1. The fourth-order valence-corrected chi connectivity index (χ4v) is 2.43. The number of aryl methyl sites for hydroxylation is 1. The van der Waals surface area contributed by atoms with Gasteiger partial charge < -0.3 is 5.11 Å². The predicted molar refractivity (Wildman–Crippen MR) is 75.3 cm³/mol. The van der Waals surface area contributed by atoms with Gasteiger partial charge >= 0.3 is 0 Å². The summed E-state index contributed by atoms with van der Waals surface area (Å²) in [7, 11) is 0. The maximum atomic E-state index is 13.0. The van der Waals surface area contributed by atoms with E-state index in [1.54, 1.807) is 12.3 Å². The van der Waals surface area contributed by atoms with E-state index in [9.17, 15) is 9.50 Å². The third-order valence-corrected chi connectivity index (χ3v) is 3.66. The first-order valence-electron chi connectivity index (χ1n) is 6.24. The van der Waals surface area contributed by atoms with Crippen molar-refractivity contribution in [3.8, 4) is 0 Å². The Labute approximate surface area is 120 Å². The minimum Gasteiger partial charge on any atom is -0.388 e. The van der Waals surface area contributed by atoms with Crippen molar-refractivity contribution in [1.29, 1.82) is 0 Å². The van der Waals surface area contributed by atoms with E-state index < -0.39 is 6.10 Å². The Bertz CT molecular complexity index is 556. The van der Waals surface area contributed by atoms with Gasteiger partial charge in [-0.25, -0.2) is 4.39 Å². The highest BCUT2D eigenvalue weighted by molar-refractivity contribution is 9.10. The molecule has 2 rings (SSSR count). The van der Waals surface area contributed by atoms with Gasteiger partial charge in [-0.1, -0.05) is 28.9 Å². The Hall–Kier alpha value is -1.20. The lowest BCUT2D eigenvalue weighted by molar-refractivity contribution is 0.178. The first kappa shape index (κ1) is 14.2. The molecule has 102 valence electrons. The largest absolute Gasteiger partial charge is 0.388 e. The molecule has 1 heterocycles. The van der Waals surface area contributed by atoms with Gasteiger partial charge in [-0.15, -0.1) is 0 Å². The molecule has 0 fully saturated rings. The second-order valence-corrected chi connectivity index (χ2v) is 5.35. The van der Waals surface area contributed by atoms with Gasteiger partial charge in [0.2, 0.25) is 0 Å². The molecule has 0 aliphatic heterocycles. The van der Waals surface area contributed by atoms with E-state index in [4.69, 9.17) is 0 Å². The van der Waals surface area contributed by atoms with Crippen LogP contribution in [0.5, 0.6) is 0 Å². The Balaban J connectivity index is 2.09. The number of hydrogen-bond acceptors (Lipinski definition) is 2. The number of halogens is 2. The van der Waals surface area contributed by atoms with Crippen LogP contribution in [0, 0.1) is 5.82 Å². The Morgan fingerprint density at radius 1 is 1.47 bits per heavy atom. The molecule has 0 amide bonds. The van der Waals surface area contributed by atoms with Gasteiger partial charge in [0.15, 0.2) is 0 Å². The molecule has 0 aliphatic carbocycles. The summed E-state index contributed by atoms with van der Waals surface area (Å²) < 4.78 is 15.5. The van der Waals surface area contributed by atoms with Crippen molar-refractivity contribution in [2.75, 3.05) is 0 Å². The summed E-state index contributed by atoms with van der Waals surface area (Å²) in [6, 6.07) is 4.48. The maximum absolute atomic E-state index is 13.0. The van der Waals surface area contributed by atoms with Gasteiger partial charge in [0.25, 0.3) is 0 Å². The second-order valence-electron chi connectivity index (χ2n) is 4.49. The lowest BCUT2D eigenvalue weighted by atomic mass is 10.0. The maximum Gasteiger partial charge on any atom is 0.124 e. The van der Waals surface area contributed by atoms with Crippen molar-refractivity contribution in [3.63, 3.8) is 0 Å². The highest BCUT2D eigenvalue weighted by Gasteiger charge is 2.13. The van der Waals surface area contributed by atoms with Crippen molar-refractivity contribution in [2.45, 2.75) is 32.4 Å². The van der Waals surface area contributed by atoms with Crippen LogP contribution in [0.3, 0.4) is 0 Å². The molecule has 0 radical (unpaired) electrons. The fourth-order valence-electron chi connectivity index (χ4n) is 1.92. The average Bonchev–Trinajstić information content (AvgIpc) is 2.82.